The van der Waals surface area contributed by atoms with Crippen molar-refractivity contribution < 1.29 is 19.1 Å². The van der Waals surface area contributed by atoms with Crippen LogP contribution in [0.15, 0.2) is 89.1 Å². The molecule has 0 spiro atoms. The molecule has 8 heteroatoms. The summed E-state index contributed by atoms with van der Waals surface area (Å²) in [6.07, 6.45) is 1.49. The van der Waals surface area contributed by atoms with Crippen LogP contribution in [0.2, 0.25) is 0 Å². The molecule has 0 bridgehead atoms. The maximum absolute atomic E-state index is 12.9. The lowest BCUT2D eigenvalue weighted by Gasteiger charge is -2.29. The van der Waals surface area contributed by atoms with Crippen LogP contribution in [0.3, 0.4) is 0 Å². The lowest BCUT2D eigenvalue weighted by atomic mass is 9.82. The van der Waals surface area contributed by atoms with Crippen LogP contribution in [0.5, 0.6) is 5.75 Å². The lowest BCUT2D eigenvalue weighted by molar-refractivity contribution is -0.138. The van der Waals surface area contributed by atoms with E-state index in [0.717, 1.165) is 5.56 Å². The minimum atomic E-state index is -0.617. The van der Waals surface area contributed by atoms with Crippen molar-refractivity contribution in [3.63, 3.8) is 0 Å². The molecule has 34 heavy (non-hydrogen) atoms. The number of nitriles is 1. The Morgan fingerprint density at radius 1 is 1.24 bits per heavy atom. The third-order valence-corrected chi connectivity index (χ3v) is 6.05. The summed E-state index contributed by atoms with van der Waals surface area (Å²) in [7, 11) is 1.56. The summed E-state index contributed by atoms with van der Waals surface area (Å²) in [5, 5.41) is 16.5. The molecule has 3 rings (SSSR count). The van der Waals surface area contributed by atoms with Crippen molar-refractivity contribution in [2.24, 2.45) is 0 Å². The number of thioether (sulfide) groups is 1. The van der Waals surface area contributed by atoms with Crippen LogP contribution in [-0.2, 0) is 14.3 Å². The van der Waals surface area contributed by atoms with Crippen LogP contribution in [-0.4, -0.2) is 31.3 Å². The zero-order valence-electron chi connectivity index (χ0n) is 19.0. The van der Waals surface area contributed by atoms with Crippen LogP contribution < -0.4 is 15.4 Å². The van der Waals surface area contributed by atoms with Gasteiger partial charge in [-0.25, -0.2) is 4.79 Å². The van der Waals surface area contributed by atoms with Gasteiger partial charge in [-0.15, -0.1) is 0 Å². The second-order valence-electron chi connectivity index (χ2n) is 7.32. The van der Waals surface area contributed by atoms with Crippen LogP contribution in [0.25, 0.3) is 0 Å². The van der Waals surface area contributed by atoms with Gasteiger partial charge in [0.1, 0.15) is 12.4 Å². The minimum absolute atomic E-state index is 0.0643. The van der Waals surface area contributed by atoms with Gasteiger partial charge in [0.2, 0.25) is 5.91 Å². The number of nitrogens with zero attached hydrogens (tertiary/aromatic N) is 1. The molecule has 0 radical (unpaired) electrons. The van der Waals surface area contributed by atoms with E-state index in [1.165, 1.54) is 17.8 Å². The summed E-state index contributed by atoms with van der Waals surface area (Å²) in [6, 6.07) is 18.6. The predicted octanol–water partition coefficient (Wildman–Crippen LogP) is 4.49. The molecule has 7 nitrogen and oxygen atoms in total. The van der Waals surface area contributed by atoms with Gasteiger partial charge in [-0.2, -0.15) is 5.26 Å². The summed E-state index contributed by atoms with van der Waals surface area (Å²) >= 11 is 1.20. The zero-order chi connectivity index (χ0) is 24.5. The average molecular weight is 476 g/mol. The van der Waals surface area contributed by atoms with E-state index < -0.39 is 11.9 Å². The van der Waals surface area contributed by atoms with Crippen molar-refractivity contribution in [3.8, 4) is 11.8 Å². The number of ether oxygens (including phenoxy) is 2. The Morgan fingerprint density at radius 3 is 2.68 bits per heavy atom. The number of esters is 1. The number of methoxy groups -OCH3 is 1. The van der Waals surface area contributed by atoms with Crippen molar-refractivity contribution in [2.45, 2.75) is 12.8 Å². The first-order chi connectivity index (χ1) is 16.5. The third kappa shape index (κ3) is 5.88. The molecule has 0 aromatic heterocycles. The van der Waals surface area contributed by atoms with Crippen LogP contribution in [0.1, 0.15) is 18.4 Å². The van der Waals surface area contributed by atoms with Crippen LogP contribution >= 0.6 is 11.8 Å². The Morgan fingerprint density at radius 2 is 2.00 bits per heavy atom. The highest BCUT2D eigenvalue weighted by Crippen LogP contribution is 2.40. The molecule has 1 atom stereocenters. The Labute approximate surface area is 203 Å². The van der Waals surface area contributed by atoms with Gasteiger partial charge in [-0.1, -0.05) is 60.8 Å². The Balaban J connectivity index is 1.85. The summed E-state index contributed by atoms with van der Waals surface area (Å²) in [5.41, 5.74) is 2.67. The van der Waals surface area contributed by atoms with Gasteiger partial charge in [0.05, 0.1) is 41.0 Å². The molecular formula is C26H25N3O4S. The largest absolute Gasteiger partial charge is 0.497 e. The molecule has 174 valence electrons. The fourth-order valence-electron chi connectivity index (χ4n) is 3.52. The first-order valence-corrected chi connectivity index (χ1v) is 11.5. The fraction of sp³-hybridized carbons (Fsp3) is 0.192. The van der Waals surface area contributed by atoms with Gasteiger partial charge >= 0.3 is 5.97 Å². The second-order valence-corrected chi connectivity index (χ2v) is 8.30. The highest BCUT2D eigenvalue weighted by atomic mass is 32.2. The van der Waals surface area contributed by atoms with E-state index in [1.807, 2.05) is 30.3 Å². The van der Waals surface area contributed by atoms with Gasteiger partial charge in [-0.3, -0.25) is 4.79 Å². The Kier molecular flexibility index (Phi) is 8.54. The van der Waals surface area contributed by atoms with Gasteiger partial charge in [0, 0.05) is 17.5 Å². The number of hydrogen-bond acceptors (Lipinski definition) is 7. The molecule has 1 aliphatic rings. The number of nitrogens with one attached hydrogen (secondary N) is 2. The van der Waals surface area contributed by atoms with E-state index in [0.29, 0.717) is 33.3 Å². The molecule has 0 saturated heterocycles. The Hall–Kier alpha value is -3.96. The SMILES string of the molecule is C=CCOC(=O)C1=C(C)NC(SCC(=O)Nc2cccc(OC)c2)=C(C#N)C1c1ccccc1. The number of rotatable bonds is 9. The van der Waals surface area contributed by atoms with Gasteiger partial charge in [0.15, 0.2) is 0 Å². The monoisotopic (exact) mass is 475 g/mol. The maximum Gasteiger partial charge on any atom is 0.337 e. The molecule has 1 aliphatic heterocycles. The van der Waals surface area contributed by atoms with Gasteiger partial charge in [-0.05, 0) is 24.6 Å². The van der Waals surface area contributed by atoms with E-state index in [-0.39, 0.29) is 18.3 Å². The number of benzene rings is 2. The second kappa shape index (κ2) is 11.8. The number of anilines is 1. The molecule has 2 aromatic rings. The third-order valence-electron chi connectivity index (χ3n) is 5.03. The van der Waals surface area contributed by atoms with E-state index >= 15 is 0 Å². The quantitative estimate of drug-likeness (QED) is 0.407. The topological polar surface area (TPSA) is 100 Å². The molecule has 0 fully saturated rings. The molecule has 1 heterocycles. The minimum Gasteiger partial charge on any atom is -0.497 e. The molecule has 2 N–H and O–H groups in total. The number of allylic oxidation sites excluding steroid dienone is 2. The predicted molar refractivity (Wildman–Crippen MR) is 133 cm³/mol. The van der Waals surface area contributed by atoms with Crippen molar-refractivity contribution >= 4 is 29.3 Å². The molecule has 1 amide bonds. The molecule has 1 unspecified atom stereocenters. The lowest BCUT2D eigenvalue weighted by Crippen LogP contribution is -2.29. The molecule has 0 saturated carbocycles. The van der Waals surface area contributed by atoms with Gasteiger partial charge in [0.25, 0.3) is 0 Å². The number of amides is 1. The molecule has 2 aromatic carbocycles. The standard InChI is InChI=1S/C26H25N3O4S/c1-4-13-33-26(31)23-17(2)28-25(21(15-27)24(23)18-9-6-5-7-10-18)34-16-22(30)29-19-11-8-12-20(14-19)32-3/h4-12,14,24,28H,1,13,16H2,2-3H3,(H,29,30). The first-order valence-electron chi connectivity index (χ1n) is 10.5. The number of dihydropyridines is 1. The van der Waals surface area contributed by atoms with E-state index in [2.05, 4.69) is 23.3 Å². The normalized spacial score (nSPS) is 15.1. The van der Waals surface area contributed by atoms with Crippen molar-refractivity contribution in [3.05, 3.63) is 94.7 Å². The van der Waals surface area contributed by atoms with Gasteiger partial charge < -0.3 is 20.1 Å². The number of carbonyl (C=O) groups excluding carboxylic acids is 2. The highest BCUT2D eigenvalue weighted by molar-refractivity contribution is 8.03. The Bertz CT molecular complexity index is 1180. The summed E-state index contributed by atoms with van der Waals surface area (Å²) < 4.78 is 10.5. The smallest absolute Gasteiger partial charge is 0.337 e. The van der Waals surface area contributed by atoms with Crippen molar-refractivity contribution in [1.29, 1.82) is 5.26 Å². The first kappa shape index (κ1) is 24.7. The zero-order valence-corrected chi connectivity index (χ0v) is 19.8. The van der Waals surface area contributed by atoms with Crippen molar-refractivity contribution in [2.75, 3.05) is 24.8 Å². The average Bonchev–Trinajstić information content (AvgIpc) is 2.86. The molecular weight excluding hydrogens is 450 g/mol. The van der Waals surface area contributed by atoms with Crippen molar-refractivity contribution in [1.82, 2.24) is 5.32 Å². The van der Waals surface area contributed by atoms with E-state index in [1.54, 1.807) is 38.3 Å². The highest BCUT2D eigenvalue weighted by Gasteiger charge is 2.35. The van der Waals surface area contributed by atoms with Crippen LogP contribution in [0, 0.1) is 11.3 Å². The molecule has 0 aliphatic carbocycles. The fourth-order valence-corrected chi connectivity index (χ4v) is 4.42. The van der Waals surface area contributed by atoms with Crippen LogP contribution in [0.4, 0.5) is 5.69 Å². The summed E-state index contributed by atoms with van der Waals surface area (Å²) in [5.74, 6) is -0.675. The summed E-state index contributed by atoms with van der Waals surface area (Å²) in [6.45, 7) is 5.40. The maximum atomic E-state index is 12.9. The summed E-state index contributed by atoms with van der Waals surface area (Å²) in [4.78, 5) is 25.4. The number of carbonyl (C=O) groups is 2. The number of hydrogen-bond donors (Lipinski definition) is 2. The van der Waals surface area contributed by atoms with E-state index in [9.17, 15) is 14.9 Å². The van der Waals surface area contributed by atoms with E-state index in [4.69, 9.17) is 9.47 Å².